The van der Waals surface area contributed by atoms with Crippen LogP contribution in [-0.4, -0.2) is 21.8 Å². The van der Waals surface area contributed by atoms with Gasteiger partial charge in [-0.1, -0.05) is 28.1 Å². The van der Waals surface area contributed by atoms with Crippen molar-refractivity contribution < 1.29 is 4.79 Å². The largest absolute Gasteiger partial charge is 0.349 e. The molecule has 4 heteroatoms. The van der Waals surface area contributed by atoms with E-state index in [2.05, 4.69) is 26.2 Å². The van der Waals surface area contributed by atoms with Gasteiger partial charge in [-0.3, -0.25) is 9.78 Å². The topological polar surface area (TPSA) is 42.0 Å². The number of benzene rings is 1. The molecule has 0 saturated heterocycles. The molecule has 0 atom stereocenters. The van der Waals surface area contributed by atoms with E-state index in [9.17, 15) is 4.79 Å². The Morgan fingerprint density at radius 2 is 1.95 bits per heavy atom. The van der Waals surface area contributed by atoms with Gasteiger partial charge in [0.05, 0.1) is 5.52 Å². The minimum atomic E-state index is 0.0154. The average molecular weight is 333 g/mol. The predicted octanol–water partition coefficient (Wildman–Crippen LogP) is 3.67. The first-order valence-electron chi connectivity index (χ1n) is 7.03. The summed E-state index contributed by atoms with van der Waals surface area (Å²) < 4.78 is 0. The molecule has 3 nitrogen and oxygen atoms in total. The van der Waals surface area contributed by atoms with Crippen molar-refractivity contribution in [2.45, 2.75) is 36.6 Å². The normalized spacial score (nSPS) is 22.6. The molecule has 1 N–H and O–H groups in total. The molecule has 0 unspecified atom stereocenters. The molecule has 3 rings (SSSR count). The highest BCUT2D eigenvalue weighted by molar-refractivity contribution is 9.09. The Morgan fingerprint density at radius 1 is 1.15 bits per heavy atom. The maximum atomic E-state index is 12.5. The Labute approximate surface area is 126 Å². The van der Waals surface area contributed by atoms with Gasteiger partial charge < -0.3 is 5.32 Å². The van der Waals surface area contributed by atoms with Crippen LogP contribution in [0.25, 0.3) is 10.9 Å². The maximum absolute atomic E-state index is 12.5. The molecule has 1 aliphatic carbocycles. The molecule has 1 aromatic carbocycles. The van der Waals surface area contributed by atoms with E-state index in [1.165, 1.54) is 0 Å². The third-order valence-corrected chi connectivity index (χ3v) is 4.80. The van der Waals surface area contributed by atoms with Crippen LogP contribution in [0.15, 0.2) is 36.5 Å². The number of amides is 1. The zero-order chi connectivity index (χ0) is 13.9. The van der Waals surface area contributed by atoms with Crippen molar-refractivity contribution in [3.8, 4) is 0 Å². The van der Waals surface area contributed by atoms with Crippen molar-refractivity contribution in [3.63, 3.8) is 0 Å². The SMILES string of the molecule is O=C(NC1CCC(Br)CC1)c1cccc2ncccc12. The fraction of sp³-hybridized carbons (Fsp3) is 0.375. The number of carbonyl (C=O) groups is 1. The quantitative estimate of drug-likeness (QED) is 0.852. The van der Waals surface area contributed by atoms with Crippen LogP contribution in [0.4, 0.5) is 0 Å². The zero-order valence-electron chi connectivity index (χ0n) is 11.2. The number of halogens is 1. The summed E-state index contributed by atoms with van der Waals surface area (Å²) in [6.45, 7) is 0. The number of rotatable bonds is 2. The minimum Gasteiger partial charge on any atom is -0.349 e. The van der Waals surface area contributed by atoms with Crippen LogP contribution < -0.4 is 5.32 Å². The molecule has 1 heterocycles. The van der Waals surface area contributed by atoms with E-state index in [1.807, 2.05) is 30.3 Å². The summed E-state index contributed by atoms with van der Waals surface area (Å²) in [6.07, 6.45) is 6.10. The first kappa shape index (κ1) is 13.6. The number of alkyl halides is 1. The summed E-state index contributed by atoms with van der Waals surface area (Å²) in [5, 5.41) is 4.08. The molecular weight excluding hydrogens is 316 g/mol. The molecule has 1 saturated carbocycles. The van der Waals surface area contributed by atoms with Crippen molar-refractivity contribution in [1.29, 1.82) is 0 Å². The van der Waals surface area contributed by atoms with Crippen LogP contribution in [0, 0.1) is 0 Å². The summed E-state index contributed by atoms with van der Waals surface area (Å²) in [4.78, 5) is 17.4. The molecule has 0 aliphatic heterocycles. The van der Waals surface area contributed by atoms with Crippen molar-refractivity contribution >= 4 is 32.7 Å². The van der Waals surface area contributed by atoms with Crippen molar-refractivity contribution in [2.24, 2.45) is 0 Å². The lowest BCUT2D eigenvalue weighted by molar-refractivity contribution is 0.0930. The Hall–Kier alpha value is -1.42. The van der Waals surface area contributed by atoms with Crippen LogP contribution in [-0.2, 0) is 0 Å². The van der Waals surface area contributed by atoms with Gasteiger partial charge in [0, 0.05) is 28.0 Å². The first-order chi connectivity index (χ1) is 9.74. The van der Waals surface area contributed by atoms with Crippen molar-refractivity contribution in [2.75, 3.05) is 0 Å². The van der Waals surface area contributed by atoms with Gasteiger partial charge in [0.2, 0.25) is 0 Å². The summed E-state index contributed by atoms with van der Waals surface area (Å²) >= 11 is 3.64. The van der Waals surface area contributed by atoms with E-state index in [0.717, 1.165) is 42.1 Å². The molecule has 1 aliphatic rings. The van der Waals surface area contributed by atoms with Gasteiger partial charge in [-0.25, -0.2) is 0 Å². The highest BCUT2D eigenvalue weighted by Crippen LogP contribution is 2.25. The number of nitrogens with zero attached hydrogens (tertiary/aromatic N) is 1. The molecule has 0 spiro atoms. The van der Waals surface area contributed by atoms with Gasteiger partial charge in [0.15, 0.2) is 0 Å². The second-order valence-corrected chi connectivity index (χ2v) is 6.59. The Bertz CT molecular complexity index is 615. The van der Waals surface area contributed by atoms with Gasteiger partial charge in [-0.15, -0.1) is 0 Å². The lowest BCUT2D eigenvalue weighted by Crippen LogP contribution is -2.37. The standard InChI is InChI=1S/C16H17BrN2O/c17-11-6-8-12(9-7-11)19-16(20)14-3-1-5-15-13(14)4-2-10-18-15/h1-5,10-12H,6-9H2,(H,19,20). The molecule has 1 fully saturated rings. The maximum Gasteiger partial charge on any atom is 0.252 e. The number of hydrogen-bond donors (Lipinski definition) is 1. The first-order valence-corrected chi connectivity index (χ1v) is 7.94. The highest BCUT2D eigenvalue weighted by Gasteiger charge is 2.21. The van der Waals surface area contributed by atoms with E-state index in [4.69, 9.17) is 0 Å². The van der Waals surface area contributed by atoms with E-state index >= 15 is 0 Å². The molecule has 1 amide bonds. The lowest BCUT2D eigenvalue weighted by atomic mass is 9.95. The van der Waals surface area contributed by atoms with Crippen LogP contribution >= 0.6 is 15.9 Å². The second kappa shape index (κ2) is 5.92. The van der Waals surface area contributed by atoms with E-state index in [-0.39, 0.29) is 5.91 Å². The third-order valence-electron chi connectivity index (χ3n) is 3.88. The third kappa shape index (κ3) is 2.85. The van der Waals surface area contributed by atoms with Gasteiger partial charge in [-0.05, 0) is 43.9 Å². The monoisotopic (exact) mass is 332 g/mol. The van der Waals surface area contributed by atoms with Gasteiger partial charge in [0.25, 0.3) is 5.91 Å². The number of pyridine rings is 1. The van der Waals surface area contributed by atoms with E-state index in [1.54, 1.807) is 6.20 Å². The number of aromatic nitrogens is 1. The Balaban J connectivity index is 1.79. The van der Waals surface area contributed by atoms with Gasteiger partial charge in [-0.2, -0.15) is 0 Å². The van der Waals surface area contributed by atoms with Gasteiger partial charge >= 0.3 is 0 Å². The molecule has 0 radical (unpaired) electrons. The van der Waals surface area contributed by atoms with Crippen LogP contribution in [0.3, 0.4) is 0 Å². The number of nitrogens with one attached hydrogen (secondary N) is 1. The lowest BCUT2D eigenvalue weighted by Gasteiger charge is -2.26. The number of carbonyl (C=O) groups excluding carboxylic acids is 1. The van der Waals surface area contributed by atoms with E-state index < -0.39 is 0 Å². The van der Waals surface area contributed by atoms with Crippen molar-refractivity contribution in [3.05, 3.63) is 42.1 Å². The molecule has 2 aromatic rings. The van der Waals surface area contributed by atoms with Crippen molar-refractivity contribution in [1.82, 2.24) is 10.3 Å². The molecular formula is C16H17BrN2O. The molecule has 0 bridgehead atoms. The second-order valence-electron chi connectivity index (χ2n) is 5.30. The summed E-state index contributed by atoms with van der Waals surface area (Å²) in [7, 11) is 0. The number of hydrogen-bond acceptors (Lipinski definition) is 2. The molecule has 1 aromatic heterocycles. The summed E-state index contributed by atoms with van der Waals surface area (Å²) in [5.41, 5.74) is 1.58. The molecule has 104 valence electrons. The van der Waals surface area contributed by atoms with Crippen LogP contribution in [0.1, 0.15) is 36.0 Å². The summed E-state index contributed by atoms with van der Waals surface area (Å²) in [5.74, 6) is 0.0154. The van der Waals surface area contributed by atoms with Crippen LogP contribution in [0.5, 0.6) is 0 Å². The Kier molecular flexibility index (Phi) is 4.01. The van der Waals surface area contributed by atoms with E-state index in [0.29, 0.717) is 10.9 Å². The summed E-state index contributed by atoms with van der Waals surface area (Å²) in [6, 6.07) is 9.81. The predicted molar refractivity (Wildman–Crippen MR) is 84.2 cm³/mol. The van der Waals surface area contributed by atoms with Gasteiger partial charge in [0.1, 0.15) is 0 Å². The highest BCUT2D eigenvalue weighted by atomic mass is 79.9. The minimum absolute atomic E-state index is 0.0154. The average Bonchev–Trinajstić information content (AvgIpc) is 2.49. The fourth-order valence-corrected chi connectivity index (χ4v) is 3.29. The number of fused-ring (bicyclic) bond motifs is 1. The van der Waals surface area contributed by atoms with Crippen LogP contribution in [0.2, 0.25) is 0 Å². The molecule has 20 heavy (non-hydrogen) atoms. The smallest absolute Gasteiger partial charge is 0.252 e. The fourth-order valence-electron chi connectivity index (χ4n) is 2.76. The zero-order valence-corrected chi connectivity index (χ0v) is 12.8. The Morgan fingerprint density at radius 3 is 2.75 bits per heavy atom.